The second-order valence-corrected chi connectivity index (χ2v) is 18.3. The molecule has 18 nitrogen and oxygen atoms in total. The molecule has 0 saturated carbocycles. The first-order valence-electron chi connectivity index (χ1n) is 26.1. The number of nitrogens with two attached hydrogens (primary N) is 3. The van der Waals surface area contributed by atoms with Gasteiger partial charge in [-0.3, -0.25) is 50.4 Å². The number of aliphatic carboxylic acids is 2. The number of likely N-dealkylation sites (N-methyl/N-ethyl adjacent to an activating group) is 1. The molecule has 0 aliphatic carbocycles. The van der Waals surface area contributed by atoms with Crippen molar-refractivity contribution in [2.24, 2.45) is 17.4 Å². The quantitative estimate of drug-likeness (QED) is 0.0158. The highest BCUT2D eigenvalue weighted by Gasteiger charge is 2.20. The predicted octanol–water partition coefficient (Wildman–Crippen LogP) is 8.12. The topological polar surface area (TPSA) is 299 Å². The lowest BCUT2D eigenvalue weighted by molar-refractivity contribution is -0.139. The van der Waals surface area contributed by atoms with Crippen molar-refractivity contribution < 1.29 is 39.0 Å². The first-order chi connectivity index (χ1) is 40.6. The number of aromatic nitrogens is 3. The lowest BCUT2D eigenvalue weighted by Gasteiger charge is -2.23. The zero-order valence-corrected chi connectivity index (χ0v) is 46.9. The molecular formula is C66H64N10O8. The Balaban J connectivity index is 0.000000248. The number of rotatable bonds is 15. The normalized spacial score (nSPS) is 11.0. The molecule has 0 spiro atoms. The monoisotopic (exact) mass is 1120 g/mol. The molecule has 8 aromatic rings. The summed E-state index contributed by atoms with van der Waals surface area (Å²) in [6.45, 7) is 4.03. The van der Waals surface area contributed by atoms with Gasteiger partial charge in [-0.2, -0.15) is 0 Å². The number of pyridine rings is 3. The van der Waals surface area contributed by atoms with Crippen LogP contribution in [-0.4, -0.2) is 100 Å². The molecule has 8 rings (SSSR count). The van der Waals surface area contributed by atoms with Crippen molar-refractivity contribution in [3.8, 4) is 46.2 Å². The number of carboxylic acid groups (broad SMARTS) is 2. The molecule has 18 heteroatoms. The summed E-state index contributed by atoms with van der Waals surface area (Å²) >= 11 is 0. The van der Waals surface area contributed by atoms with Gasteiger partial charge in [0.25, 0.3) is 11.8 Å². The van der Waals surface area contributed by atoms with Gasteiger partial charge < -0.3 is 26.2 Å². The number of nitrogens with zero attached hydrogens (tertiary/aromatic N) is 4. The minimum Gasteiger partial charge on any atom is -0.481 e. The van der Waals surface area contributed by atoms with Crippen LogP contribution in [0.15, 0.2) is 170 Å². The van der Waals surface area contributed by atoms with Crippen molar-refractivity contribution in [3.05, 3.63) is 232 Å². The highest BCUT2D eigenvalue weighted by atomic mass is 16.4. The van der Waals surface area contributed by atoms with Crippen molar-refractivity contribution in [2.45, 2.75) is 32.2 Å². The maximum Gasteiger partial charge on any atom is 0.312 e. The summed E-state index contributed by atoms with van der Waals surface area (Å²) in [4.78, 5) is 83.8. The predicted molar refractivity (Wildman–Crippen MR) is 328 cm³/mol. The van der Waals surface area contributed by atoms with Crippen LogP contribution in [0, 0.1) is 23.7 Å². The van der Waals surface area contributed by atoms with Gasteiger partial charge >= 0.3 is 11.9 Å². The number of carbonyl (C=O) groups is 6. The van der Waals surface area contributed by atoms with Gasteiger partial charge in [0.2, 0.25) is 0 Å². The largest absolute Gasteiger partial charge is 0.481 e. The molecule has 3 heterocycles. The van der Waals surface area contributed by atoms with E-state index in [1.54, 1.807) is 101 Å². The van der Waals surface area contributed by atoms with E-state index in [9.17, 15) is 28.8 Å². The Hall–Kier alpha value is -10.7. The summed E-state index contributed by atoms with van der Waals surface area (Å²) in [5, 5.41) is 21.4. The minimum atomic E-state index is -0.950. The van der Waals surface area contributed by atoms with Gasteiger partial charge in [0.15, 0.2) is 6.29 Å². The Morgan fingerprint density at radius 3 is 1.71 bits per heavy atom. The Kier molecular flexibility index (Phi) is 25.3. The van der Waals surface area contributed by atoms with E-state index >= 15 is 0 Å². The fourth-order valence-electron chi connectivity index (χ4n) is 8.00. The lowest BCUT2D eigenvalue weighted by atomic mass is 9.99. The fourth-order valence-corrected chi connectivity index (χ4v) is 8.00. The number of hydrogen-bond acceptors (Lipinski definition) is 14. The van der Waals surface area contributed by atoms with Gasteiger partial charge in [0.1, 0.15) is 6.29 Å². The maximum absolute atomic E-state index is 12.6. The van der Waals surface area contributed by atoms with E-state index in [1.807, 2.05) is 110 Å². The van der Waals surface area contributed by atoms with Gasteiger partial charge in [-0.1, -0.05) is 103 Å². The van der Waals surface area contributed by atoms with Gasteiger partial charge in [-0.15, -0.1) is 0 Å². The maximum atomic E-state index is 12.6. The Labute approximate surface area is 487 Å². The number of nitrogen functional groups attached to an aromatic ring is 1. The van der Waals surface area contributed by atoms with E-state index in [-0.39, 0.29) is 12.3 Å². The average Bonchev–Trinajstić information content (AvgIpc) is 3.19. The zero-order chi connectivity index (χ0) is 61.0. The standard InChI is InChI=1S/C31H29N3O4.C24H16N4O2.C10H13NO2.CH6N2/c1-4-5-27-26(20-35)19-29(33-28(27)16-17-32)24-12-8-22(9-13-24)6-7-23-10-14-25(15-11-23)31(38)34(3)21(2)18-30(36)37;25-28-24(30)20-13-23(27-22-11-12-26-14-21(20)22)19-9-7-17(8-10-19)2-1-16-3-5-18(15-29)6-4-16;1-11-7-9(10(12)13)8-5-3-2-4-6-8;1-3-2/h4-5,8-17,19-21H,18,32H2,1-3H3,(H,36,37);3-15H,25H2,(H,28,30);2-6,9,11H,7H2,1H3,(H,12,13);3H,2H2,1H3/b5-4-,17-16-;;;. The summed E-state index contributed by atoms with van der Waals surface area (Å²) in [5.41, 5.74) is 21.0. The van der Waals surface area contributed by atoms with Gasteiger partial charge in [-0.25, -0.2) is 15.8 Å². The summed E-state index contributed by atoms with van der Waals surface area (Å²) in [6, 6.07) is 43.1. The Morgan fingerprint density at radius 2 is 1.24 bits per heavy atom. The van der Waals surface area contributed by atoms with E-state index in [4.69, 9.17) is 21.8 Å². The number of hydrazine groups is 2. The van der Waals surface area contributed by atoms with Gasteiger partial charge in [0, 0.05) is 93.0 Å². The molecule has 0 bridgehead atoms. The van der Waals surface area contributed by atoms with Crippen LogP contribution in [0.5, 0.6) is 0 Å². The van der Waals surface area contributed by atoms with Crippen LogP contribution in [0.1, 0.15) is 107 Å². The van der Waals surface area contributed by atoms with Crippen LogP contribution in [0.25, 0.3) is 45.6 Å². The van der Waals surface area contributed by atoms with Crippen LogP contribution in [0.2, 0.25) is 0 Å². The summed E-state index contributed by atoms with van der Waals surface area (Å²) < 4.78 is 0. The SMILES string of the molecule is C/C=C\c1c(C=O)cc(-c2ccc(C#Cc3ccc(C(=O)N(C)C(C)CC(=O)O)cc3)cc2)nc1/C=C\N.CNCC(C(=O)O)c1ccccc1.CNN.NNC(=O)c1cc(-c2ccc(C#Cc3ccc(C=O)cc3)cc2)nc2ccncc12. The smallest absolute Gasteiger partial charge is 0.312 e. The lowest BCUT2D eigenvalue weighted by Crippen LogP contribution is -2.36. The van der Waals surface area contributed by atoms with Crippen molar-refractivity contribution in [2.75, 3.05) is 27.7 Å². The second kappa shape index (κ2) is 33.1. The molecule has 3 aromatic heterocycles. The number of nitrogens with one attached hydrogen (secondary N) is 3. The van der Waals surface area contributed by atoms with Crippen molar-refractivity contribution >= 4 is 59.4 Å². The average molecular weight is 1130 g/mol. The minimum absolute atomic E-state index is 0.119. The number of amides is 2. The molecule has 2 atom stereocenters. The highest BCUT2D eigenvalue weighted by molar-refractivity contribution is 6.06. The molecule has 0 saturated heterocycles. The summed E-state index contributed by atoms with van der Waals surface area (Å²) in [5.74, 6) is 19.4. The molecule has 11 N–H and O–H groups in total. The van der Waals surface area contributed by atoms with E-state index in [0.29, 0.717) is 62.3 Å². The fraction of sp³-hybridized carbons (Fsp3) is 0.136. The third-order valence-corrected chi connectivity index (χ3v) is 12.4. The van der Waals surface area contributed by atoms with E-state index < -0.39 is 29.8 Å². The number of aldehydes is 2. The summed E-state index contributed by atoms with van der Waals surface area (Å²) in [6.07, 6.45) is 11.4. The third-order valence-electron chi connectivity index (χ3n) is 12.4. The van der Waals surface area contributed by atoms with E-state index in [0.717, 1.165) is 51.5 Å². The third kappa shape index (κ3) is 18.7. The van der Waals surface area contributed by atoms with Crippen LogP contribution in [0.3, 0.4) is 0 Å². The zero-order valence-electron chi connectivity index (χ0n) is 46.9. The molecule has 0 aliphatic rings. The van der Waals surface area contributed by atoms with Crippen molar-refractivity contribution in [1.29, 1.82) is 0 Å². The Morgan fingerprint density at radius 1 is 0.702 bits per heavy atom. The number of hydrogen-bond donors (Lipinski definition) is 8. The number of benzene rings is 5. The molecule has 5 aromatic carbocycles. The van der Waals surface area contributed by atoms with Crippen LogP contribution in [-0.2, 0) is 9.59 Å². The van der Waals surface area contributed by atoms with Crippen molar-refractivity contribution in [3.63, 3.8) is 0 Å². The number of fused-ring (bicyclic) bond motifs is 1. The molecule has 2 unspecified atom stereocenters. The number of allylic oxidation sites excluding steroid dienone is 1. The van der Waals surface area contributed by atoms with E-state index in [1.165, 1.54) is 11.1 Å². The second-order valence-electron chi connectivity index (χ2n) is 18.3. The summed E-state index contributed by atoms with van der Waals surface area (Å²) in [7, 11) is 4.99. The Bertz CT molecular complexity index is 3740. The number of carboxylic acids is 2. The van der Waals surface area contributed by atoms with Gasteiger partial charge in [-0.05, 0) is 125 Å². The molecule has 0 aliphatic heterocycles. The van der Waals surface area contributed by atoms with Crippen LogP contribution in [0.4, 0.5) is 0 Å². The molecule has 0 fully saturated rings. The van der Waals surface area contributed by atoms with Crippen molar-refractivity contribution in [1.82, 2.24) is 36.0 Å². The van der Waals surface area contributed by atoms with Crippen LogP contribution >= 0.6 is 0 Å². The highest BCUT2D eigenvalue weighted by Crippen LogP contribution is 2.27. The molecule has 84 heavy (non-hydrogen) atoms. The first kappa shape index (κ1) is 64.1. The van der Waals surface area contributed by atoms with Gasteiger partial charge in [0.05, 0.1) is 40.5 Å². The number of carbonyl (C=O) groups excluding carboxylic acids is 4. The molecule has 0 radical (unpaired) electrons. The van der Waals surface area contributed by atoms with Crippen LogP contribution < -0.4 is 33.6 Å². The molecule has 426 valence electrons. The molecule has 2 amide bonds. The molecular weight excluding hydrogens is 1060 g/mol. The van der Waals surface area contributed by atoms with E-state index in [2.05, 4.69) is 60.6 Å². The first-order valence-corrected chi connectivity index (χ1v) is 26.1.